The van der Waals surface area contributed by atoms with Crippen LogP contribution in [0.5, 0.6) is 17.2 Å². The Labute approximate surface area is 741 Å². The first-order valence-corrected chi connectivity index (χ1v) is 40.2. The number of nitrogens with zero attached hydrogens (tertiary/aromatic N) is 2. The Kier molecular flexibility index (Phi) is 41.9. The number of nitrogens with one attached hydrogen (secondary N) is 2. The molecule has 5 aliphatic rings. The lowest BCUT2D eigenvalue weighted by Crippen LogP contribution is -2.40. The number of amides is 3. The maximum Gasteiger partial charge on any atom is 0.337 e. The van der Waals surface area contributed by atoms with Gasteiger partial charge in [0.1, 0.15) is 35.6 Å². The summed E-state index contributed by atoms with van der Waals surface area (Å²) in [6.45, 7) is 5.68. The van der Waals surface area contributed by atoms with Crippen molar-refractivity contribution in [1.29, 1.82) is 0 Å². The van der Waals surface area contributed by atoms with E-state index < -0.39 is 18.0 Å². The summed E-state index contributed by atoms with van der Waals surface area (Å²) in [5.41, 5.74) is 13.0. The van der Waals surface area contributed by atoms with Crippen LogP contribution in [-0.4, -0.2) is 136 Å². The van der Waals surface area contributed by atoms with Crippen molar-refractivity contribution in [2.75, 3.05) is 74.5 Å². The summed E-state index contributed by atoms with van der Waals surface area (Å²) < 4.78 is 50.2. The second kappa shape index (κ2) is 50.4. The van der Waals surface area contributed by atoms with Gasteiger partial charge in [-0.25, -0.2) is 24.7 Å². The van der Waals surface area contributed by atoms with Gasteiger partial charge in [0, 0.05) is 101 Å². The number of ether oxygens (including phenoxy) is 9. The second-order valence-corrected chi connectivity index (χ2v) is 29.6. The van der Waals surface area contributed by atoms with E-state index >= 15 is 0 Å². The molecule has 0 aromatic heterocycles. The van der Waals surface area contributed by atoms with E-state index in [9.17, 15) is 38.7 Å². The average Bonchev–Trinajstić information content (AvgIpc) is 1.68. The summed E-state index contributed by atoms with van der Waals surface area (Å²) >= 11 is 10.2. The Hall–Kier alpha value is -8.69. The van der Waals surface area contributed by atoms with Gasteiger partial charge in [-0.1, -0.05) is 199 Å². The number of carbonyl (C=O) groups is 7. The molecule has 22 nitrogen and oxygen atoms in total. The maximum absolute atomic E-state index is 13.3. The van der Waals surface area contributed by atoms with E-state index in [0.717, 1.165) is 122 Å². The van der Waals surface area contributed by atoms with E-state index in [-0.39, 0.29) is 114 Å². The topological polar surface area (TPSA) is 274 Å². The van der Waals surface area contributed by atoms with Gasteiger partial charge in [0.15, 0.2) is 0 Å². The number of benzene rings is 9. The molecule has 29 heteroatoms. The number of aryl methyl sites for hydroxylation is 1. The minimum absolute atomic E-state index is 0. The predicted octanol–water partition coefficient (Wildman–Crippen LogP) is 16.6. The number of hydrogen-bond donors (Lipinski definition) is 4. The zero-order valence-electron chi connectivity index (χ0n) is 65.9. The van der Waals surface area contributed by atoms with Crippen molar-refractivity contribution in [3.05, 3.63) is 299 Å². The lowest BCUT2D eigenvalue weighted by molar-refractivity contribution is -0.140. The van der Waals surface area contributed by atoms with Crippen molar-refractivity contribution in [3.63, 3.8) is 0 Å². The summed E-state index contributed by atoms with van der Waals surface area (Å²) in [6.07, 6.45) is 4.20. The van der Waals surface area contributed by atoms with Crippen LogP contribution in [0.3, 0.4) is 0 Å². The first-order chi connectivity index (χ1) is 55.4. The Bertz CT molecular complexity index is 4570. The molecule has 0 spiro atoms. The number of fused-ring (bicyclic) bond motifs is 3. The van der Waals surface area contributed by atoms with Crippen LogP contribution in [0.25, 0.3) is 0 Å². The molecular weight excluding hydrogens is 1780 g/mol. The Morgan fingerprint density at radius 3 is 1.23 bits per heavy atom. The zero-order chi connectivity index (χ0) is 80.9. The number of carbonyl (C=O) groups excluding carboxylic acids is 7. The molecule has 0 aliphatic carbocycles. The molecule has 9 aromatic rings. The number of methoxy groups -OCH3 is 4. The van der Waals surface area contributed by atoms with Crippen LogP contribution in [0.1, 0.15) is 165 Å². The van der Waals surface area contributed by atoms with Gasteiger partial charge in [0.05, 0.1) is 69.9 Å². The highest BCUT2D eigenvalue weighted by Gasteiger charge is 2.35. The molecule has 4 atom stereocenters. The third kappa shape index (κ3) is 27.9. The zero-order valence-corrected chi connectivity index (χ0v) is 74.6. The van der Waals surface area contributed by atoms with Crippen molar-refractivity contribution in [2.24, 2.45) is 11.8 Å². The molecule has 118 heavy (non-hydrogen) atoms. The number of aliphatic hydroxyl groups is 1. The lowest BCUT2D eigenvalue weighted by atomic mass is 9.98. The first-order valence-electron chi connectivity index (χ1n) is 37.5. The molecule has 0 bridgehead atoms. The van der Waals surface area contributed by atoms with Crippen LogP contribution in [0.2, 0.25) is 0 Å². The van der Waals surface area contributed by atoms with Gasteiger partial charge in [-0.05, 0) is 139 Å². The van der Waals surface area contributed by atoms with Crippen molar-refractivity contribution in [1.82, 2.24) is 20.6 Å². The van der Waals surface area contributed by atoms with E-state index in [2.05, 4.69) is 57.8 Å². The molecule has 5 aliphatic heterocycles. The number of hydroxylamine groups is 1. The largest absolute Gasteiger partial charge is 0.484 e. The van der Waals surface area contributed by atoms with Crippen LogP contribution < -0.4 is 25.0 Å². The fourth-order valence-corrected chi connectivity index (χ4v) is 15.4. The second-order valence-electron chi connectivity index (χ2n) is 27.3. The maximum atomic E-state index is 13.3. The number of aliphatic hydroxyl groups excluding tert-OH is 1. The molecule has 0 saturated carbocycles. The van der Waals surface area contributed by atoms with Gasteiger partial charge in [-0.2, -0.15) is 54.0 Å². The minimum Gasteiger partial charge on any atom is -0.484 e. The molecule has 0 unspecified atom stereocenters. The molecule has 5 heterocycles. The smallest absolute Gasteiger partial charge is 0.337 e. The molecule has 2 fully saturated rings. The molecule has 630 valence electrons. The number of alkyl halides is 1. The predicted molar refractivity (Wildman–Crippen MR) is 480 cm³/mol. The Balaban J connectivity index is 0.000000232. The van der Waals surface area contributed by atoms with Crippen LogP contribution in [0, 0.1) is 11.8 Å². The fourth-order valence-electron chi connectivity index (χ4n) is 13.5. The molecule has 14 rings (SSSR count). The summed E-state index contributed by atoms with van der Waals surface area (Å²) in [5.74, 6) is 0.0633. The van der Waals surface area contributed by atoms with Gasteiger partial charge in [-0.3, -0.25) is 19.6 Å². The standard InChI is InChI=1S/C23H25NO5.C22H24N2O5.C18H19BrO3.C17H17NO3.C9H8Br2O2.4H2S/c1-27-23(26)18-7-8-19-14-24(22(25)17-9-11-28-12-10-17)15-21(29-20(19)13-18)16-5-3-2-4-6-16;25-21(23-27)17-6-7-18-13-24(22(26)16-8-10-28-11-9-16)14-20(29-19(18)12-17)15-4-2-1-3-5-15;1-22-18(21)15-11-10-13(16(19)12-15)8-5-9-17(20)14-6-3-2-4-7-14;1-20-17(19)13-7-8-14-10-18-11-16(21-15(14)9-13)12-5-3-2-4-6-12;1-13-9(12)6-2-3-7(5-10)8(11)4-6;;;;/h2-8,13,17,21H,9-12,14-15H2,1H3;1-7,12,16,20,27H,8-11,13-14H2,(H,23,25);2-4,6-7,10-12,17,20H,5,8-9H2,1H3;2-9,16,18H,10-11H2,1H3;2-4H,5H2,1H3;4*1H2/t21-;20-;17-;16-;;;;;/m1111...../s1. The van der Waals surface area contributed by atoms with E-state index in [4.69, 9.17) is 43.1 Å². The number of halogens is 3. The molecule has 3 amide bonds. The highest BCUT2D eigenvalue weighted by Crippen LogP contribution is 2.37. The fraction of sp³-hybridized carbons (Fsp3) is 0.315. The van der Waals surface area contributed by atoms with E-state index in [1.807, 2.05) is 155 Å². The molecule has 9 aromatic carbocycles. The summed E-state index contributed by atoms with van der Waals surface area (Å²) in [7, 11) is 5.48. The van der Waals surface area contributed by atoms with Gasteiger partial charge in [-0.15, -0.1) is 0 Å². The van der Waals surface area contributed by atoms with Crippen molar-refractivity contribution in [3.8, 4) is 17.2 Å². The number of esters is 4. The Morgan fingerprint density at radius 2 is 0.822 bits per heavy atom. The highest BCUT2D eigenvalue weighted by molar-refractivity contribution is 9.11. The Morgan fingerprint density at radius 1 is 0.466 bits per heavy atom. The molecule has 2 saturated heterocycles. The average molecular weight is 1880 g/mol. The van der Waals surface area contributed by atoms with Gasteiger partial charge >= 0.3 is 23.9 Å². The SMILES string of the molecule is COC(=O)c1ccc(CBr)c(Br)c1.COC(=O)c1ccc(CCC[C@@H](O)c2ccccc2)c(Br)c1.COC(=O)c1ccc2c(c1)O[C@@H](c1ccccc1)CN(C(=O)C1CCOCC1)C2.COC(=O)c1ccc2c(c1)O[C@@H](c1ccccc1)CNC2.O=C(NO)c1ccc2c(c1)O[C@@H](c1ccccc1)CN(C(=O)C1CCOCC1)C2.S.S.S.S. The van der Waals surface area contributed by atoms with Crippen molar-refractivity contribution >= 4 is 143 Å². The van der Waals surface area contributed by atoms with Crippen LogP contribution in [-0.2, 0) is 69.4 Å². The van der Waals surface area contributed by atoms with Gasteiger partial charge < -0.3 is 62.9 Å². The van der Waals surface area contributed by atoms with Crippen molar-refractivity contribution < 1.29 is 86.5 Å². The van der Waals surface area contributed by atoms with Crippen LogP contribution in [0.4, 0.5) is 0 Å². The van der Waals surface area contributed by atoms with Gasteiger partial charge in [0.25, 0.3) is 5.91 Å². The molecular formula is C89H101Br3N4O18S4. The quantitative estimate of drug-likeness (QED) is 0.0230. The number of rotatable bonds is 16. The van der Waals surface area contributed by atoms with E-state index in [1.54, 1.807) is 72.2 Å². The third-order valence-corrected chi connectivity index (χ3v) is 21.9. The van der Waals surface area contributed by atoms with Crippen LogP contribution >= 0.6 is 102 Å². The molecule has 4 N–H and O–H groups in total. The number of hydrogen-bond acceptors (Lipinski definition) is 19. The molecule has 0 radical (unpaired) electrons. The van der Waals surface area contributed by atoms with Crippen LogP contribution in [0.15, 0.2) is 221 Å². The lowest BCUT2D eigenvalue weighted by Gasteiger charge is -2.30. The normalized spacial score (nSPS) is 16.0. The summed E-state index contributed by atoms with van der Waals surface area (Å²) in [5, 5.41) is 23.2. The first kappa shape index (κ1) is 98.1. The van der Waals surface area contributed by atoms with Crippen molar-refractivity contribution in [2.45, 2.75) is 94.3 Å². The minimum atomic E-state index is -0.605. The van der Waals surface area contributed by atoms with E-state index in [1.165, 1.54) is 28.4 Å². The third-order valence-electron chi connectivity index (χ3n) is 19.8. The summed E-state index contributed by atoms with van der Waals surface area (Å²) in [4.78, 5) is 88.2. The monoisotopic (exact) mass is 1880 g/mol. The van der Waals surface area contributed by atoms with Gasteiger partial charge in [0.2, 0.25) is 11.8 Å². The summed E-state index contributed by atoms with van der Waals surface area (Å²) in [6, 6.07) is 65.9. The highest BCUT2D eigenvalue weighted by atomic mass is 79.9. The van der Waals surface area contributed by atoms with E-state index in [0.29, 0.717) is 98.3 Å².